The average molecular weight is 285 g/mol. The van der Waals surface area contributed by atoms with Crippen LogP contribution < -0.4 is 5.32 Å². The summed E-state index contributed by atoms with van der Waals surface area (Å²) in [6, 6.07) is 4.15. The van der Waals surface area contributed by atoms with Crippen LogP contribution in [0.3, 0.4) is 0 Å². The molecule has 2 nitrogen and oxygen atoms in total. The van der Waals surface area contributed by atoms with Gasteiger partial charge in [-0.05, 0) is 48.9 Å². The normalized spacial score (nSPS) is 11.8. The summed E-state index contributed by atoms with van der Waals surface area (Å²) in [7, 11) is 1.69. The minimum atomic E-state index is -0.782. The van der Waals surface area contributed by atoms with Crippen molar-refractivity contribution in [1.29, 1.82) is 0 Å². The fourth-order valence-electron chi connectivity index (χ4n) is 2.03. The van der Waals surface area contributed by atoms with Crippen molar-refractivity contribution in [1.82, 2.24) is 5.32 Å². The topological polar surface area (TPSA) is 21.3 Å². The summed E-state index contributed by atoms with van der Waals surface area (Å²) < 4.78 is 30.9. The standard InChI is InChI=1S/C16H25F2NO/c1-16(2,8-9-19-10-11-20-3)7-6-13-4-5-14(17)15(18)12-13/h4-5,12,19H,6-11H2,1-3H3. The Morgan fingerprint density at radius 2 is 1.85 bits per heavy atom. The molecule has 0 aromatic heterocycles. The lowest BCUT2D eigenvalue weighted by Gasteiger charge is -2.25. The molecule has 0 aliphatic heterocycles. The van der Waals surface area contributed by atoms with Crippen molar-refractivity contribution in [2.75, 3.05) is 26.8 Å². The molecule has 0 saturated carbocycles. The van der Waals surface area contributed by atoms with Crippen molar-refractivity contribution in [3.05, 3.63) is 35.4 Å². The predicted molar refractivity (Wildman–Crippen MR) is 77.8 cm³/mol. The Kier molecular flexibility index (Phi) is 7.10. The quantitative estimate of drug-likeness (QED) is 0.701. The fourth-order valence-corrected chi connectivity index (χ4v) is 2.03. The number of halogens is 2. The second kappa shape index (κ2) is 8.32. The molecule has 114 valence electrons. The Morgan fingerprint density at radius 1 is 1.10 bits per heavy atom. The van der Waals surface area contributed by atoms with Gasteiger partial charge >= 0.3 is 0 Å². The Balaban J connectivity index is 2.32. The molecule has 0 aliphatic carbocycles. The lowest BCUT2D eigenvalue weighted by atomic mass is 9.83. The summed E-state index contributed by atoms with van der Waals surface area (Å²) in [5, 5.41) is 3.32. The molecule has 20 heavy (non-hydrogen) atoms. The van der Waals surface area contributed by atoms with Crippen LogP contribution in [0.15, 0.2) is 18.2 Å². The van der Waals surface area contributed by atoms with E-state index in [2.05, 4.69) is 19.2 Å². The molecular weight excluding hydrogens is 260 g/mol. The van der Waals surface area contributed by atoms with Gasteiger partial charge in [0.25, 0.3) is 0 Å². The van der Waals surface area contributed by atoms with Gasteiger partial charge in [0, 0.05) is 13.7 Å². The second-order valence-electron chi connectivity index (χ2n) is 5.91. The lowest BCUT2D eigenvalue weighted by molar-refractivity contribution is 0.197. The first-order chi connectivity index (χ1) is 9.44. The fraction of sp³-hybridized carbons (Fsp3) is 0.625. The van der Waals surface area contributed by atoms with Crippen LogP contribution in [0.2, 0.25) is 0 Å². The van der Waals surface area contributed by atoms with Gasteiger partial charge in [-0.1, -0.05) is 19.9 Å². The summed E-state index contributed by atoms with van der Waals surface area (Å²) in [6.45, 7) is 6.91. The van der Waals surface area contributed by atoms with Crippen LogP contribution in [0.5, 0.6) is 0 Å². The number of hydrogen-bond acceptors (Lipinski definition) is 2. The number of rotatable bonds is 9. The van der Waals surface area contributed by atoms with Crippen molar-refractivity contribution in [3.8, 4) is 0 Å². The third-order valence-corrected chi connectivity index (χ3v) is 3.54. The van der Waals surface area contributed by atoms with Gasteiger partial charge in [-0.3, -0.25) is 0 Å². The maximum Gasteiger partial charge on any atom is 0.159 e. The number of methoxy groups -OCH3 is 1. The first-order valence-corrected chi connectivity index (χ1v) is 7.08. The highest BCUT2D eigenvalue weighted by atomic mass is 19.2. The van der Waals surface area contributed by atoms with Crippen LogP contribution in [0.1, 0.15) is 32.3 Å². The van der Waals surface area contributed by atoms with Crippen LogP contribution in [0, 0.1) is 17.0 Å². The van der Waals surface area contributed by atoms with E-state index >= 15 is 0 Å². The summed E-state index contributed by atoms with van der Waals surface area (Å²) in [6.07, 6.45) is 2.76. The minimum Gasteiger partial charge on any atom is -0.383 e. The molecule has 1 rings (SSSR count). The molecule has 0 heterocycles. The molecule has 0 saturated heterocycles. The number of aryl methyl sites for hydroxylation is 1. The molecule has 1 aromatic rings. The largest absolute Gasteiger partial charge is 0.383 e. The van der Waals surface area contributed by atoms with E-state index in [1.54, 1.807) is 13.2 Å². The third kappa shape index (κ3) is 6.44. The van der Waals surface area contributed by atoms with Gasteiger partial charge in [0.05, 0.1) is 6.61 Å². The van der Waals surface area contributed by atoms with E-state index < -0.39 is 11.6 Å². The number of ether oxygens (including phenoxy) is 1. The molecule has 4 heteroatoms. The minimum absolute atomic E-state index is 0.172. The molecule has 0 fully saturated rings. The van der Waals surface area contributed by atoms with E-state index in [1.165, 1.54) is 12.1 Å². The lowest BCUT2D eigenvalue weighted by Crippen LogP contribution is -2.25. The van der Waals surface area contributed by atoms with Crippen LogP contribution in [0.4, 0.5) is 8.78 Å². The highest BCUT2D eigenvalue weighted by Crippen LogP contribution is 2.26. The van der Waals surface area contributed by atoms with E-state index in [1.807, 2.05) is 0 Å². The average Bonchev–Trinajstić information content (AvgIpc) is 2.40. The Hall–Kier alpha value is -1.00. The molecule has 0 atom stereocenters. The molecule has 0 spiro atoms. The van der Waals surface area contributed by atoms with Crippen molar-refractivity contribution in [2.24, 2.45) is 5.41 Å². The molecular formula is C16H25F2NO. The van der Waals surface area contributed by atoms with Gasteiger partial charge in [0.2, 0.25) is 0 Å². The van der Waals surface area contributed by atoms with Crippen molar-refractivity contribution >= 4 is 0 Å². The summed E-state index contributed by atoms with van der Waals surface area (Å²) in [5.74, 6) is -1.54. The van der Waals surface area contributed by atoms with Crippen LogP contribution >= 0.6 is 0 Å². The monoisotopic (exact) mass is 285 g/mol. The van der Waals surface area contributed by atoms with E-state index in [9.17, 15) is 8.78 Å². The van der Waals surface area contributed by atoms with E-state index in [0.29, 0.717) is 0 Å². The van der Waals surface area contributed by atoms with Crippen molar-refractivity contribution in [2.45, 2.75) is 33.1 Å². The molecule has 0 aliphatic rings. The molecule has 0 amide bonds. The van der Waals surface area contributed by atoms with Crippen LogP contribution in [-0.2, 0) is 11.2 Å². The zero-order valence-electron chi connectivity index (χ0n) is 12.6. The smallest absolute Gasteiger partial charge is 0.159 e. The third-order valence-electron chi connectivity index (χ3n) is 3.54. The van der Waals surface area contributed by atoms with E-state index in [-0.39, 0.29) is 5.41 Å². The Morgan fingerprint density at radius 3 is 2.50 bits per heavy atom. The van der Waals surface area contributed by atoms with Gasteiger partial charge in [-0.2, -0.15) is 0 Å². The summed E-state index contributed by atoms with van der Waals surface area (Å²) in [4.78, 5) is 0. The van der Waals surface area contributed by atoms with E-state index in [0.717, 1.165) is 44.5 Å². The molecule has 1 aromatic carbocycles. The predicted octanol–water partition coefficient (Wildman–Crippen LogP) is 3.55. The van der Waals surface area contributed by atoms with Gasteiger partial charge < -0.3 is 10.1 Å². The SMILES string of the molecule is COCCNCCC(C)(C)CCc1ccc(F)c(F)c1. The van der Waals surface area contributed by atoms with E-state index in [4.69, 9.17) is 4.74 Å². The summed E-state index contributed by atoms with van der Waals surface area (Å²) in [5.41, 5.74) is 1.02. The molecule has 0 unspecified atom stereocenters. The number of benzene rings is 1. The van der Waals surface area contributed by atoms with Crippen LogP contribution in [-0.4, -0.2) is 26.8 Å². The van der Waals surface area contributed by atoms with Gasteiger partial charge in [0.15, 0.2) is 11.6 Å². The second-order valence-corrected chi connectivity index (χ2v) is 5.91. The maximum absolute atomic E-state index is 13.1. The van der Waals surface area contributed by atoms with Gasteiger partial charge in [-0.25, -0.2) is 8.78 Å². The van der Waals surface area contributed by atoms with Crippen LogP contribution in [0.25, 0.3) is 0 Å². The zero-order valence-corrected chi connectivity index (χ0v) is 12.6. The number of nitrogens with one attached hydrogen (secondary N) is 1. The molecule has 0 bridgehead atoms. The first kappa shape index (κ1) is 17.1. The molecule has 0 radical (unpaired) electrons. The van der Waals surface area contributed by atoms with Crippen molar-refractivity contribution < 1.29 is 13.5 Å². The highest BCUT2D eigenvalue weighted by molar-refractivity contribution is 5.18. The number of hydrogen-bond donors (Lipinski definition) is 1. The first-order valence-electron chi connectivity index (χ1n) is 7.08. The van der Waals surface area contributed by atoms with Crippen molar-refractivity contribution in [3.63, 3.8) is 0 Å². The highest BCUT2D eigenvalue weighted by Gasteiger charge is 2.17. The Bertz CT molecular complexity index is 407. The maximum atomic E-state index is 13.1. The zero-order chi connectivity index (χ0) is 15.0. The van der Waals surface area contributed by atoms with Gasteiger partial charge in [-0.15, -0.1) is 0 Å². The van der Waals surface area contributed by atoms with Gasteiger partial charge in [0.1, 0.15) is 0 Å². The summed E-state index contributed by atoms with van der Waals surface area (Å²) >= 11 is 0. The Labute approximate surface area is 120 Å². The molecule has 1 N–H and O–H groups in total.